The maximum absolute atomic E-state index is 12.4. The van der Waals surface area contributed by atoms with Gasteiger partial charge in [-0.25, -0.2) is 0 Å². The molecule has 0 aliphatic carbocycles. The van der Waals surface area contributed by atoms with E-state index in [1.807, 2.05) is 6.92 Å². The van der Waals surface area contributed by atoms with Crippen LogP contribution in [0.2, 0.25) is 5.02 Å². The van der Waals surface area contributed by atoms with Gasteiger partial charge in [0.05, 0.1) is 11.3 Å². The van der Waals surface area contributed by atoms with Crippen molar-refractivity contribution in [1.82, 2.24) is 4.90 Å². The molecule has 0 spiro atoms. The summed E-state index contributed by atoms with van der Waals surface area (Å²) in [6.45, 7) is 6.17. The van der Waals surface area contributed by atoms with Crippen molar-refractivity contribution in [3.05, 3.63) is 28.8 Å². The molecule has 0 radical (unpaired) electrons. The van der Waals surface area contributed by atoms with Crippen molar-refractivity contribution in [3.8, 4) is 0 Å². The summed E-state index contributed by atoms with van der Waals surface area (Å²) in [5, 5.41) is 0.517. The molecule has 5 heteroatoms. The van der Waals surface area contributed by atoms with E-state index in [1.54, 1.807) is 30.1 Å². The Balaban J connectivity index is 3.06. The highest BCUT2D eigenvalue weighted by Gasteiger charge is 2.22. The molecule has 4 nitrogen and oxygen atoms in total. The first-order valence-corrected chi connectivity index (χ1v) is 6.29. The highest BCUT2D eigenvalue weighted by Crippen LogP contribution is 2.22. The summed E-state index contributed by atoms with van der Waals surface area (Å²) in [6.07, 6.45) is 0. The molecular weight excluding hydrogens is 250 g/mol. The van der Waals surface area contributed by atoms with Crippen molar-refractivity contribution < 1.29 is 4.79 Å². The van der Waals surface area contributed by atoms with Gasteiger partial charge < -0.3 is 10.3 Å². The minimum atomic E-state index is -0.0911. The summed E-state index contributed by atoms with van der Waals surface area (Å²) in [5.74, 6) is 5.70. The van der Waals surface area contributed by atoms with Gasteiger partial charge in [-0.15, -0.1) is 0 Å². The van der Waals surface area contributed by atoms with E-state index in [9.17, 15) is 4.79 Å². The van der Waals surface area contributed by atoms with Gasteiger partial charge in [-0.05, 0) is 31.0 Å². The lowest BCUT2D eigenvalue weighted by molar-refractivity contribution is 0.0708. The zero-order valence-corrected chi connectivity index (χ0v) is 12.0. The van der Waals surface area contributed by atoms with Crippen molar-refractivity contribution in [2.24, 2.45) is 11.8 Å². The van der Waals surface area contributed by atoms with Crippen molar-refractivity contribution >= 4 is 23.2 Å². The first-order valence-electron chi connectivity index (χ1n) is 5.91. The Bertz CT molecular complexity index is 434. The minimum absolute atomic E-state index is 0.0911. The lowest BCUT2D eigenvalue weighted by atomic mass is 10.0. The number of amides is 1. The number of anilines is 1. The Hall–Kier alpha value is -1.26. The van der Waals surface area contributed by atoms with E-state index in [0.717, 1.165) is 0 Å². The number of benzene rings is 1. The van der Waals surface area contributed by atoms with Crippen LogP contribution in [0.15, 0.2) is 18.2 Å². The number of carbonyl (C=O) groups is 1. The molecule has 1 atom stereocenters. The van der Waals surface area contributed by atoms with Crippen molar-refractivity contribution in [1.29, 1.82) is 0 Å². The number of nitrogens with two attached hydrogens (primary N) is 1. The third kappa shape index (κ3) is 3.15. The van der Waals surface area contributed by atoms with Crippen molar-refractivity contribution in [3.63, 3.8) is 0 Å². The van der Waals surface area contributed by atoms with Gasteiger partial charge in [0.25, 0.3) is 5.91 Å². The predicted octanol–water partition coefficient (Wildman–Crippen LogP) is 2.74. The van der Waals surface area contributed by atoms with Crippen LogP contribution < -0.4 is 11.3 Å². The maximum atomic E-state index is 12.4. The van der Waals surface area contributed by atoms with E-state index in [1.165, 1.54) is 0 Å². The highest BCUT2D eigenvalue weighted by molar-refractivity contribution is 6.31. The lowest BCUT2D eigenvalue weighted by Gasteiger charge is -2.28. The van der Waals surface area contributed by atoms with Gasteiger partial charge in [0.15, 0.2) is 0 Å². The van der Waals surface area contributed by atoms with Crippen LogP contribution in [-0.4, -0.2) is 23.9 Å². The quantitative estimate of drug-likeness (QED) is 0.653. The fourth-order valence-electron chi connectivity index (χ4n) is 1.64. The zero-order chi connectivity index (χ0) is 13.9. The second-order valence-electron chi connectivity index (χ2n) is 4.73. The van der Waals surface area contributed by atoms with Crippen LogP contribution in [0.3, 0.4) is 0 Å². The summed E-state index contributed by atoms with van der Waals surface area (Å²) >= 11 is 5.93. The molecule has 1 rings (SSSR count). The third-order valence-electron chi connectivity index (χ3n) is 3.26. The standard InChI is InChI=1S/C13H20ClN3O/c1-8(2)9(3)17(4)13(18)11-7-10(14)5-6-12(11)16-15/h5-9,16H,15H2,1-4H3. The number of halogens is 1. The van der Waals surface area contributed by atoms with Gasteiger partial charge in [-0.2, -0.15) is 0 Å². The molecule has 100 valence electrons. The van der Waals surface area contributed by atoms with Crippen molar-refractivity contribution in [2.75, 3.05) is 12.5 Å². The van der Waals surface area contributed by atoms with Gasteiger partial charge in [0.1, 0.15) is 0 Å². The molecule has 0 saturated heterocycles. The zero-order valence-electron chi connectivity index (χ0n) is 11.2. The number of hydrazine groups is 1. The number of rotatable bonds is 4. The van der Waals surface area contributed by atoms with Gasteiger partial charge in [-0.3, -0.25) is 10.6 Å². The van der Waals surface area contributed by atoms with Gasteiger partial charge >= 0.3 is 0 Å². The van der Waals surface area contributed by atoms with Gasteiger partial charge in [0.2, 0.25) is 0 Å². The van der Waals surface area contributed by atoms with E-state index >= 15 is 0 Å². The van der Waals surface area contributed by atoms with E-state index in [-0.39, 0.29) is 11.9 Å². The smallest absolute Gasteiger partial charge is 0.256 e. The number of hydrogen-bond donors (Lipinski definition) is 2. The topological polar surface area (TPSA) is 58.4 Å². The number of hydrogen-bond acceptors (Lipinski definition) is 3. The van der Waals surface area contributed by atoms with E-state index in [2.05, 4.69) is 19.3 Å². The Labute approximate surface area is 113 Å². The van der Waals surface area contributed by atoms with E-state index in [4.69, 9.17) is 17.4 Å². The summed E-state index contributed by atoms with van der Waals surface area (Å²) < 4.78 is 0. The fourth-order valence-corrected chi connectivity index (χ4v) is 1.81. The van der Waals surface area contributed by atoms with Crippen LogP contribution in [0.4, 0.5) is 5.69 Å². The summed E-state index contributed by atoms with van der Waals surface area (Å²) in [5.41, 5.74) is 3.58. The van der Waals surface area contributed by atoms with Crippen LogP contribution in [0.25, 0.3) is 0 Å². The summed E-state index contributed by atoms with van der Waals surface area (Å²) in [7, 11) is 1.79. The Morgan fingerprint density at radius 2 is 2.00 bits per heavy atom. The number of carbonyl (C=O) groups excluding carboxylic acids is 1. The van der Waals surface area contributed by atoms with Crippen LogP contribution >= 0.6 is 11.6 Å². The van der Waals surface area contributed by atoms with Crippen molar-refractivity contribution in [2.45, 2.75) is 26.8 Å². The summed E-state index contributed by atoms with van der Waals surface area (Å²) in [6, 6.07) is 5.16. The Morgan fingerprint density at radius 1 is 1.39 bits per heavy atom. The molecule has 0 aliphatic heterocycles. The van der Waals surface area contributed by atoms with Gasteiger partial charge in [-0.1, -0.05) is 25.4 Å². The molecule has 0 aromatic heterocycles. The number of nitrogens with one attached hydrogen (secondary N) is 1. The average Bonchev–Trinajstić information content (AvgIpc) is 2.35. The normalized spacial score (nSPS) is 12.4. The largest absolute Gasteiger partial charge is 0.339 e. The second-order valence-corrected chi connectivity index (χ2v) is 5.17. The monoisotopic (exact) mass is 269 g/mol. The first-order chi connectivity index (χ1) is 8.38. The highest BCUT2D eigenvalue weighted by atomic mass is 35.5. The molecule has 0 heterocycles. The minimum Gasteiger partial charge on any atom is -0.339 e. The lowest BCUT2D eigenvalue weighted by Crippen LogP contribution is -2.38. The second kappa shape index (κ2) is 6.07. The van der Waals surface area contributed by atoms with Crippen LogP contribution in [0.5, 0.6) is 0 Å². The number of nitrogens with zero attached hydrogens (tertiary/aromatic N) is 1. The number of nitrogen functional groups attached to an aromatic ring is 1. The molecule has 0 saturated carbocycles. The SMILES string of the molecule is CC(C)C(C)N(C)C(=O)c1cc(Cl)ccc1NN. The van der Waals surface area contributed by atoms with E-state index in [0.29, 0.717) is 22.2 Å². The molecule has 0 fully saturated rings. The molecule has 1 unspecified atom stereocenters. The average molecular weight is 270 g/mol. The van der Waals surface area contributed by atoms with Crippen LogP contribution in [0, 0.1) is 5.92 Å². The maximum Gasteiger partial charge on any atom is 0.256 e. The molecule has 0 bridgehead atoms. The molecule has 3 N–H and O–H groups in total. The Kier molecular flexibility index (Phi) is 4.99. The molecule has 1 aromatic rings. The molecular formula is C13H20ClN3O. The molecule has 1 amide bonds. The Morgan fingerprint density at radius 3 is 2.50 bits per heavy atom. The molecule has 1 aromatic carbocycles. The summed E-state index contributed by atoms with van der Waals surface area (Å²) in [4.78, 5) is 14.1. The fraction of sp³-hybridized carbons (Fsp3) is 0.462. The first kappa shape index (κ1) is 14.8. The van der Waals surface area contributed by atoms with E-state index < -0.39 is 0 Å². The third-order valence-corrected chi connectivity index (χ3v) is 3.50. The van der Waals surface area contributed by atoms with Gasteiger partial charge in [0, 0.05) is 18.1 Å². The predicted molar refractivity (Wildman–Crippen MR) is 75.7 cm³/mol. The van der Waals surface area contributed by atoms with Crippen LogP contribution in [0.1, 0.15) is 31.1 Å². The molecule has 0 aliphatic rings. The molecule has 18 heavy (non-hydrogen) atoms. The van der Waals surface area contributed by atoms with Crippen LogP contribution in [-0.2, 0) is 0 Å².